The van der Waals surface area contributed by atoms with E-state index in [0.29, 0.717) is 28.7 Å². The van der Waals surface area contributed by atoms with E-state index in [0.717, 1.165) is 12.0 Å². The number of rotatable bonds is 6. The summed E-state index contributed by atoms with van der Waals surface area (Å²) < 4.78 is 11.3. The first-order valence-electron chi connectivity index (χ1n) is 8.31. The fraction of sp³-hybridized carbons (Fsp3) is 0.263. The zero-order chi connectivity index (χ0) is 19.4. The lowest BCUT2D eigenvalue weighted by molar-refractivity contribution is 0.0599. The third-order valence-corrected chi connectivity index (χ3v) is 4.30. The zero-order valence-corrected chi connectivity index (χ0v) is 15.7. The van der Waals surface area contributed by atoms with Crippen LogP contribution >= 0.6 is 11.6 Å². The van der Waals surface area contributed by atoms with E-state index in [1.807, 2.05) is 24.3 Å². The minimum Gasteiger partial charge on any atom is -0.465 e. The van der Waals surface area contributed by atoms with Gasteiger partial charge in [-0.05, 0) is 37.1 Å². The van der Waals surface area contributed by atoms with E-state index in [9.17, 15) is 9.59 Å². The molecule has 3 aromatic rings. The van der Waals surface area contributed by atoms with E-state index in [1.165, 1.54) is 23.9 Å². The van der Waals surface area contributed by atoms with Gasteiger partial charge in [0.05, 0.1) is 12.7 Å². The number of benzene rings is 1. The quantitative estimate of drug-likeness (QED) is 0.604. The SMILES string of the molecule is COC(=O)c1cc(C)c(=O)n(Cc2nc(CCc3ccc(Cl)cc3)no2)c1. The van der Waals surface area contributed by atoms with Crippen LogP contribution in [0.5, 0.6) is 0 Å². The highest BCUT2D eigenvalue weighted by Crippen LogP contribution is 2.12. The second kappa shape index (κ2) is 8.18. The van der Waals surface area contributed by atoms with Gasteiger partial charge in [-0.1, -0.05) is 28.9 Å². The molecule has 0 N–H and O–H groups in total. The predicted octanol–water partition coefficient (Wildman–Crippen LogP) is 2.81. The van der Waals surface area contributed by atoms with Gasteiger partial charge >= 0.3 is 5.97 Å². The van der Waals surface area contributed by atoms with Crippen LogP contribution in [0.1, 0.15) is 33.2 Å². The van der Waals surface area contributed by atoms with Crippen LogP contribution in [-0.2, 0) is 24.1 Å². The molecule has 0 saturated heterocycles. The first-order valence-corrected chi connectivity index (χ1v) is 8.69. The van der Waals surface area contributed by atoms with Gasteiger partial charge in [0.15, 0.2) is 5.82 Å². The number of methoxy groups -OCH3 is 1. The van der Waals surface area contributed by atoms with Crippen molar-refractivity contribution >= 4 is 17.6 Å². The van der Waals surface area contributed by atoms with E-state index >= 15 is 0 Å². The number of halogens is 1. The number of hydrogen-bond acceptors (Lipinski definition) is 6. The number of nitrogens with zero attached hydrogens (tertiary/aromatic N) is 3. The van der Waals surface area contributed by atoms with E-state index < -0.39 is 5.97 Å². The zero-order valence-electron chi connectivity index (χ0n) is 14.9. The summed E-state index contributed by atoms with van der Waals surface area (Å²) >= 11 is 5.88. The molecule has 0 spiro atoms. The van der Waals surface area contributed by atoms with Crippen molar-refractivity contribution in [1.29, 1.82) is 0 Å². The number of carbonyl (C=O) groups is 1. The third kappa shape index (κ3) is 4.62. The Labute approximate surface area is 160 Å². The average molecular weight is 388 g/mol. The predicted molar refractivity (Wildman–Crippen MR) is 99.0 cm³/mol. The fourth-order valence-corrected chi connectivity index (χ4v) is 2.77. The Hall–Kier alpha value is -2.93. The molecule has 0 saturated carbocycles. The number of carbonyl (C=O) groups excluding carboxylic acids is 1. The summed E-state index contributed by atoms with van der Waals surface area (Å²) in [5, 5.41) is 4.64. The highest BCUT2D eigenvalue weighted by Gasteiger charge is 2.13. The summed E-state index contributed by atoms with van der Waals surface area (Å²) in [7, 11) is 1.29. The van der Waals surface area contributed by atoms with Crippen molar-refractivity contribution in [2.24, 2.45) is 0 Å². The van der Waals surface area contributed by atoms with Crippen LogP contribution in [0.15, 0.2) is 45.8 Å². The number of aryl methyl sites for hydroxylation is 3. The molecule has 2 heterocycles. The van der Waals surface area contributed by atoms with Gasteiger partial charge in [0.25, 0.3) is 5.56 Å². The normalized spacial score (nSPS) is 10.8. The second-order valence-corrected chi connectivity index (χ2v) is 6.50. The molecule has 140 valence electrons. The maximum Gasteiger partial charge on any atom is 0.339 e. The number of pyridine rings is 1. The molecule has 0 aliphatic carbocycles. The molecule has 0 atom stereocenters. The Kier molecular flexibility index (Phi) is 5.71. The highest BCUT2D eigenvalue weighted by molar-refractivity contribution is 6.30. The van der Waals surface area contributed by atoms with Crippen molar-refractivity contribution in [3.05, 3.63) is 80.3 Å². The molecule has 0 aliphatic heterocycles. The van der Waals surface area contributed by atoms with Gasteiger partial charge in [0, 0.05) is 23.2 Å². The first kappa shape index (κ1) is 18.8. The van der Waals surface area contributed by atoms with Gasteiger partial charge < -0.3 is 13.8 Å². The third-order valence-electron chi connectivity index (χ3n) is 4.05. The molecule has 27 heavy (non-hydrogen) atoms. The van der Waals surface area contributed by atoms with Crippen molar-refractivity contribution in [2.75, 3.05) is 7.11 Å². The van der Waals surface area contributed by atoms with Gasteiger partial charge in [-0.25, -0.2) is 4.79 Å². The molecule has 7 nitrogen and oxygen atoms in total. The van der Waals surface area contributed by atoms with Crippen LogP contribution in [0.4, 0.5) is 0 Å². The molecule has 3 rings (SSSR count). The molecule has 1 aromatic carbocycles. The summed E-state index contributed by atoms with van der Waals surface area (Å²) in [4.78, 5) is 28.3. The molecular formula is C19H18ClN3O4. The van der Waals surface area contributed by atoms with Crippen LogP contribution in [-0.4, -0.2) is 27.8 Å². The molecule has 8 heteroatoms. The van der Waals surface area contributed by atoms with Crippen molar-refractivity contribution < 1.29 is 14.1 Å². The average Bonchev–Trinajstić information content (AvgIpc) is 3.11. The molecule has 2 aromatic heterocycles. The Morgan fingerprint density at radius 1 is 1.26 bits per heavy atom. The van der Waals surface area contributed by atoms with Crippen LogP contribution in [0.2, 0.25) is 5.02 Å². The molecule has 0 amide bonds. The minimum atomic E-state index is -0.513. The van der Waals surface area contributed by atoms with Crippen molar-refractivity contribution in [2.45, 2.75) is 26.3 Å². The molecule has 0 bridgehead atoms. The van der Waals surface area contributed by atoms with Crippen LogP contribution in [0, 0.1) is 6.92 Å². The number of hydrogen-bond donors (Lipinski definition) is 0. The fourth-order valence-electron chi connectivity index (χ4n) is 2.64. The Morgan fingerprint density at radius 3 is 2.70 bits per heavy atom. The minimum absolute atomic E-state index is 0.0818. The van der Waals surface area contributed by atoms with Crippen LogP contribution < -0.4 is 5.56 Å². The molecule has 0 aliphatic rings. The van der Waals surface area contributed by atoms with Crippen molar-refractivity contribution in [1.82, 2.24) is 14.7 Å². The van der Waals surface area contributed by atoms with Gasteiger partial charge in [-0.2, -0.15) is 4.98 Å². The topological polar surface area (TPSA) is 87.2 Å². The Morgan fingerprint density at radius 2 is 2.00 bits per heavy atom. The van der Waals surface area contributed by atoms with E-state index in [1.54, 1.807) is 6.92 Å². The van der Waals surface area contributed by atoms with E-state index in [-0.39, 0.29) is 17.7 Å². The number of ether oxygens (including phenoxy) is 1. The molecular weight excluding hydrogens is 370 g/mol. The monoisotopic (exact) mass is 387 g/mol. The first-order chi connectivity index (χ1) is 13.0. The largest absolute Gasteiger partial charge is 0.465 e. The van der Waals surface area contributed by atoms with Crippen LogP contribution in [0.25, 0.3) is 0 Å². The van der Waals surface area contributed by atoms with Gasteiger partial charge in [0.2, 0.25) is 5.89 Å². The smallest absolute Gasteiger partial charge is 0.339 e. The molecule has 0 unspecified atom stereocenters. The van der Waals surface area contributed by atoms with Gasteiger partial charge in [-0.15, -0.1) is 0 Å². The van der Waals surface area contributed by atoms with E-state index in [2.05, 4.69) is 10.1 Å². The van der Waals surface area contributed by atoms with Gasteiger partial charge in [-0.3, -0.25) is 4.79 Å². The summed E-state index contributed by atoms with van der Waals surface area (Å²) in [6, 6.07) is 9.06. The summed E-state index contributed by atoms with van der Waals surface area (Å²) in [6.45, 7) is 1.72. The lowest BCUT2D eigenvalue weighted by Crippen LogP contribution is -2.24. The number of esters is 1. The summed E-state index contributed by atoms with van der Waals surface area (Å²) in [6.07, 6.45) is 2.77. The maximum absolute atomic E-state index is 12.3. The van der Waals surface area contributed by atoms with Crippen molar-refractivity contribution in [3.63, 3.8) is 0 Å². The van der Waals surface area contributed by atoms with Crippen LogP contribution in [0.3, 0.4) is 0 Å². The highest BCUT2D eigenvalue weighted by atomic mass is 35.5. The van der Waals surface area contributed by atoms with E-state index in [4.69, 9.17) is 20.9 Å². The lowest BCUT2D eigenvalue weighted by Gasteiger charge is -2.07. The Balaban J connectivity index is 1.72. The summed E-state index contributed by atoms with van der Waals surface area (Å²) in [5.74, 6) is 0.333. The second-order valence-electron chi connectivity index (χ2n) is 6.07. The molecule has 0 fully saturated rings. The lowest BCUT2D eigenvalue weighted by atomic mass is 10.1. The maximum atomic E-state index is 12.3. The Bertz CT molecular complexity index is 1010. The van der Waals surface area contributed by atoms with Gasteiger partial charge in [0.1, 0.15) is 6.54 Å². The summed E-state index contributed by atoms with van der Waals surface area (Å²) in [5.41, 5.74) is 1.60. The standard InChI is InChI=1S/C19H18ClN3O4/c1-12-9-14(19(25)26-2)10-23(18(12)24)11-17-21-16(22-27-17)8-5-13-3-6-15(20)7-4-13/h3-4,6-7,9-10H,5,8,11H2,1-2H3. The number of aromatic nitrogens is 3. The molecule has 0 radical (unpaired) electrons. The van der Waals surface area contributed by atoms with Crippen molar-refractivity contribution in [3.8, 4) is 0 Å².